The number of morpholine rings is 1. The summed E-state index contributed by atoms with van der Waals surface area (Å²) >= 11 is 1.34. The van der Waals surface area contributed by atoms with E-state index in [4.69, 9.17) is 4.74 Å². The number of benzene rings is 1. The Labute approximate surface area is 188 Å². The lowest BCUT2D eigenvalue weighted by Gasteiger charge is -2.30. The molecule has 1 aliphatic rings. The number of nitrogens with zero attached hydrogens (tertiary/aromatic N) is 3. The largest absolute Gasteiger partial charge is 0.416 e. The summed E-state index contributed by atoms with van der Waals surface area (Å²) in [6, 6.07) is 4.01. The van der Waals surface area contributed by atoms with E-state index in [1.165, 1.54) is 16.2 Å². The Bertz CT molecular complexity index is 921. The Morgan fingerprint density at radius 2 is 1.84 bits per heavy atom. The van der Waals surface area contributed by atoms with E-state index >= 15 is 0 Å². The predicted octanol–water partition coefficient (Wildman–Crippen LogP) is 3.19. The van der Waals surface area contributed by atoms with Crippen LogP contribution in [0.1, 0.15) is 26.5 Å². The van der Waals surface area contributed by atoms with Gasteiger partial charge in [0, 0.05) is 36.6 Å². The molecule has 0 atom stereocenters. The molecule has 3 rings (SSSR count). The summed E-state index contributed by atoms with van der Waals surface area (Å²) in [6.45, 7) is 6.89. The van der Waals surface area contributed by atoms with Crippen LogP contribution in [0.2, 0.25) is 0 Å². The van der Waals surface area contributed by atoms with Crippen molar-refractivity contribution in [1.82, 2.24) is 14.8 Å². The molecule has 1 aromatic carbocycles. The fraction of sp³-hybridized carbons (Fsp3) is 0.476. The van der Waals surface area contributed by atoms with Crippen molar-refractivity contribution in [2.75, 3.05) is 51.3 Å². The number of alkyl halides is 3. The summed E-state index contributed by atoms with van der Waals surface area (Å²) in [6.07, 6.45) is -4.48. The lowest BCUT2D eigenvalue weighted by Crippen LogP contribution is -2.45. The number of halogens is 3. The van der Waals surface area contributed by atoms with Gasteiger partial charge in [0.15, 0.2) is 5.13 Å². The normalized spacial score (nSPS) is 14.9. The van der Waals surface area contributed by atoms with Gasteiger partial charge >= 0.3 is 6.18 Å². The highest BCUT2D eigenvalue weighted by atomic mass is 32.1. The summed E-state index contributed by atoms with van der Waals surface area (Å²) in [4.78, 5) is 34.3. The topological polar surface area (TPSA) is 74.8 Å². The van der Waals surface area contributed by atoms with Crippen LogP contribution in [0.25, 0.3) is 0 Å². The monoisotopic (exact) mass is 470 g/mol. The molecule has 0 aliphatic carbocycles. The molecule has 0 radical (unpaired) electrons. The number of aryl methyl sites for hydroxylation is 2. The van der Waals surface area contributed by atoms with Gasteiger partial charge in [0.1, 0.15) is 6.54 Å². The maximum atomic E-state index is 13.0. The zero-order valence-electron chi connectivity index (χ0n) is 17.9. The van der Waals surface area contributed by atoms with Crippen LogP contribution in [0.3, 0.4) is 0 Å². The Morgan fingerprint density at radius 1 is 1.19 bits per heavy atom. The molecule has 0 spiro atoms. The van der Waals surface area contributed by atoms with E-state index in [2.05, 4.69) is 15.2 Å². The Morgan fingerprint density at radius 3 is 2.41 bits per heavy atom. The molecule has 11 heteroatoms. The van der Waals surface area contributed by atoms with Gasteiger partial charge in [-0.15, -0.1) is 11.3 Å². The number of hydrogen-bond donors (Lipinski definition) is 1. The quantitative estimate of drug-likeness (QED) is 0.673. The van der Waals surface area contributed by atoms with Gasteiger partial charge in [-0.3, -0.25) is 14.5 Å². The first kappa shape index (κ1) is 24.1. The Balaban J connectivity index is 1.71. The highest BCUT2D eigenvalue weighted by molar-refractivity contribution is 7.15. The number of amides is 2. The predicted molar refractivity (Wildman–Crippen MR) is 115 cm³/mol. The minimum absolute atomic E-state index is 0.0914. The minimum atomic E-state index is -4.48. The maximum absolute atomic E-state index is 13.0. The van der Waals surface area contributed by atoms with Crippen molar-refractivity contribution in [3.05, 3.63) is 46.0 Å². The van der Waals surface area contributed by atoms with Crippen LogP contribution in [-0.4, -0.2) is 72.5 Å². The van der Waals surface area contributed by atoms with Crippen molar-refractivity contribution in [2.24, 2.45) is 0 Å². The maximum Gasteiger partial charge on any atom is 0.416 e. The summed E-state index contributed by atoms with van der Waals surface area (Å²) in [5, 5.41) is 3.14. The zero-order valence-corrected chi connectivity index (χ0v) is 18.7. The van der Waals surface area contributed by atoms with Gasteiger partial charge in [0.05, 0.1) is 24.5 Å². The molecular weight excluding hydrogens is 445 g/mol. The number of nitrogens with one attached hydrogen (secondary N) is 1. The lowest BCUT2D eigenvalue weighted by molar-refractivity contribution is -0.137. The van der Waals surface area contributed by atoms with Crippen molar-refractivity contribution in [2.45, 2.75) is 20.0 Å². The first-order chi connectivity index (χ1) is 15.1. The average molecular weight is 471 g/mol. The Kier molecular flexibility index (Phi) is 7.86. The summed E-state index contributed by atoms with van der Waals surface area (Å²) in [5.41, 5.74) is 0.0742. The number of ether oxygens (including phenoxy) is 1. The first-order valence-corrected chi connectivity index (χ1v) is 11.0. The van der Waals surface area contributed by atoms with Gasteiger partial charge in [0.25, 0.3) is 5.91 Å². The van der Waals surface area contributed by atoms with Crippen molar-refractivity contribution in [3.63, 3.8) is 0 Å². The van der Waals surface area contributed by atoms with E-state index < -0.39 is 23.6 Å². The first-order valence-electron chi connectivity index (χ1n) is 10.1. The third-order valence-electron chi connectivity index (χ3n) is 5.15. The van der Waals surface area contributed by atoms with Crippen LogP contribution in [0.5, 0.6) is 0 Å². The second kappa shape index (κ2) is 10.4. The second-order valence-corrected chi connectivity index (χ2v) is 8.67. The van der Waals surface area contributed by atoms with E-state index in [1.54, 1.807) is 0 Å². The molecule has 7 nitrogen and oxygen atoms in total. The molecule has 1 fully saturated rings. The molecule has 1 N–H and O–H groups in total. The molecule has 174 valence electrons. The molecule has 1 aromatic heterocycles. The van der Waals surface area contributed by atoms with Crippen molar-refractivity contribution in [3.8, 4) is 0 Å². The smallest absolute Gasteiger partial charge is 0.379 e. The van der Waals surface area contributed by atoms with Crippen LogP contribution < -0.4 is 5.32 Å². The van der Waals surface area contributed by atoms with E-state index in [1.807, 2.05) is 13.8 Å². The molecule has 1 saturated heterocycles. The van der Waals surface area contributed by atoms with Gasteiger partial charge in [-0.05, 0) is 38.1 Å². The summed E-state index contributed by atoms with van der Waals surface area (Å²) in [7, 11) is 0. The second-order valence-electron chi connectivity index (χ2n) is 7.46. The van der Waals surface area contributed by atoms with Gasteiger partial charge in [-0.25, -0.2) is 4.98 Å². The molecule has 0 saturated carbocycles. The van der Waals surface area contributed by atoms with Crippen molar-refractivity contribution in [1.29, 1.82) is 0 Å². The fourth-order valence-corrected chi connectivity index (χ4v) is 4.01. The third-order valence-corrected chi connectivity index (χ3v) is 6.13. The van der Waals surface area contributed by atoms with Crippen LogP contribution in [0.15, 0.2) is 24.3 Å². The van der Waals surface area contributed by atoms with E-state index in [0.29, 0.717) is 38.0 Å². The standard InChI is InChI=1S/C21H25F3N4O3S/c1-14-15(2)32-20(25-14)26-18(29)13-28(8-7-27-9-11-31-12-10-27)19(30)16-3-5-17(6-4-16)21(22,23)24/h3-6H,7-13H2,1-2H3,(H,25,26,29). The third kappa shape index (κ3) is 6.50. The van der Waals surface area contributed by atoms with E-state index in [0.717, 1.165) is 34.8 Å². The van der Waals surface area contributed by atoms with Crippen LogP contribution >= 0.6 is 11.3 Å². The lowest BCUT2D eigenvalue weighted by atomic mass is 10.1. The molecule has 32 heavy (non-hydrogen) atoms. The number of carbonyl (C=O) groups is 2. The van der Waals surface area contributed by atoms with Gasteiger partial charge in [-0.2, -0.15) is 13.2 Å². The molecule has 2 heterocycles. The highest BCUT2D eigenvalue weighted by Crippen LogP contribution is 2.29. The minimum Gasteiger partial charge on any atom is -0.379 e. The van der Waals surface area contributed by atoms with E-state index in [-0.39, 0.29) is 18.7 Å². The number of carbonyl (C=O) groups excluding carboxylic acids is 2. The average Bonchev–Trinajstić information content (AvgIpc) is 3.07. The van der Waals surface area contributed by atoms with Crippen LogP contribution in [0.4, 0.5) is 18.3 Å². The molecule has 0 bridgehead atoms. The molecule has 0 unspecified atom stereocenters. The number of hydrogen-bond acceptors (Lipinski definition) is 6. The number of rotatable bonds is 7. The van der Waals surface area contributed by atoms with Crippen molar-refractivity contribution < 1.29 is 27.5 Å². The van der Waals surface area contributed by atoms with Crippen LogP contribution in [0, 0.1) is 13.8 Å². The summed E-state index contributed by atoms with van der Waals surface area (Å²) in [5.74, 6) is -0.922. The number of anilines is 1. The molecule has 2 aromatic rings. The van der Waals surface area contributed by atoms with Crippen molar-refractivity contribution >= 4 is 28.3 Å². The number of aromatic nitrogens is 1. The number of thiazole rings is 1. The SMILES string of the molecule is Cc1nc(NC(=O)CN(CCN2CCOCC2)C(=O)c2ccc(C(F)(F)F)cc2)sc1C. The van der Waals surface area contributed by atoms with E-state index in [9.17, 15) is 22.8 Å². The zero-order chi connectivity index (χ0) is 23.3. The van der Waals surface area contributed by atoms with Gasteiger partial charge in [0.2, 0.25) is 5.91 Å². The summed E-state index contributed by atoms with van der Waals surface area (Å²) < 4.78 is 43.9. The molecular formula is C21H25F3N4O3S. The Hall–Kier alpha value is -2.50. The van der Waals surface area contributed by atoms with Crippen LogP contribution in [-0.2, 0) is 15.7 Å². The highest BCUT2D eigenvalue weighted by Gasteiger charge is 2.30. The van der Waals surface area contributed by atoms with Gasteiger partial charge < -0.3 is 15.0 Å². The van der Waals surface area contributed by atoms with Gasteiger partial charge in [-0.1, -0.05) is 0 Å². The fourth-order valence-electron chi connectivity index (χ4n) is 3.18. The molecule has 1 aliphatic heterocycles. The molecule has 2 amide bonds.